The van der Waals surface area contributed by atoms with Gasteiger partial charge in [0.25, 0.3) is 0 Å². The van der Waals surface area contributed by atoms with E-state index in [4.69, 9.17) is 5.73 Å². The molecule has 4 nitrogen and oxygen atoms in total. The number of rotatable bonds is 7. The minimum atomic E-state index is -0.250. The fraction of sp³-hybridized carbons (Fsp3) is 0.632. The van der Waals surface area contributed by atoms with Crippen molar-refractivity contribution in [3.63, 3.8) is 0 Å². The first-order valence-electron chi connectivity index (χ1n) is 8.88. The summed E-state index contributed by atoms with van der Waals surface area (Å²) in [4.78, 5) is 14.8. The Morgan fingerprint density at radius 3 is 2.44 bits per heavy atom. The van der Waals surface area contributed by atoms with E-state index in [1.54, 1.807) is 0 Å². The monoisotopic (exact) mass is 389 g/mol. The zero-order chi connectivity index (χ0) is 16.7. The second-order valence-corrected chi connectivity index (χ2v) is 6.89. The van der Waals surface area contributed by atoms with Crippen molar-refractivity contribution < 1.29 is 4.79 Å². The zero-order valence-corrected chi connectivity index (χ0v) is 17.0. The Balaban J connectivity index is 0.00000288. The van der Waals surface area contributed by atoms with Gasteiger partial charge in [-0.05, 0) is 50.4 Å². The van der Waals surface area contributed by atoms with Crippen LogP contribution >= 0.6 is 24.8 Å². The SMILES string of the molecule is CC1CCN(CCCNC(=O)C(C)C(N)c2ccccc2)CC1.Cl.Cl. The Morgan fingerprint density at radius 2 is 1.84 bits per heavy atom. The molecule has 0 bridgehead atoms. The van der Waals surface area contributed by atoms with Gasteiger partial charge in [-0.15, -0.1) is 24.8 Å². The van der Waals surface area contributed by atoms with E-state index >= 15 is 0 Å². The van der Waals surface area contributed by atoms with Crippen molar-refractivity contribution in [1.29, 1.82) is 0 Å². The highest BCUT2D eigenvalue weighted by atomic mass is 35.5. The van der Waals surface area contributed by atoms with Gasteiger partial charge < -0.3 is 16.0 Å². The topological polar surface area (TPSA) is 58.4 Å². The highest BCUT2D eigenvalue weighted by molar-refractivity contribution is 5.85. The molecule has 1 saturated heterocycles. The lowest BCUT2D eigenvalue weighted by Gasteiger charge is -2.30. The predicted octanol–water partition coefficient (Wildman–Crippen LogP) is 3.40. The Hall–Kier alpha value is -0.810. The van der Waals surface area contributed by atoms with Gasteiger partial charge in [0.2, 0.25) is 5.91 Å². The lowest BCUT2D eigenvalue weighted by atomic mass is 9.94. The molecule has 25 heavy (non-hydrogen) atoms. The number of nitrogens with zero attached hydrogens (tertiary/aromatic N) is 1. The molecule has 0 radical (unpaired) electrons. The van der Waals surface area contributed by atoms with E-state index in [0.29, 0.717) is 0 Å². The van der Waals surface area contributed by atoms with Crippen molar-refractivity contribution in [2.45, 2.75) is 39.2 Å². The highest BCUT2D eigenvalue weighted by Crippen LogP contribution is 2.19. The standard InChI is InChI=1S/C19H31N3O.2ClH/c1-15-9-13-22(14-10-15)12-6-11-21-19(23)16(2)18(20)17-7-4-3-5-8-17;;/h3-5,7-8,15-16,18H,6,9-14,20H2,1-2H3,(H,21,23);2*1H. The van der Waals surface area contributed by atoms with Crippen LogP contribution < -0.4 is 11.1 Å². The third-order valence-electron chi connectivity index (χ3n) is 4.96. The van der Waals surface area contributed by atoms with Crippen molar-refractivity contribution in [1.82, 2.24) is 10.2 Å². The van der Waals surface area contributed by atoms with Gasteiger partial charge >= 0.3 is 0 Å². The van der Waals surface area contributed by atoms with E-state index in [9.17, 15) is 4.79 Å². The molecule has 1 fully saturated rings. The van der Waals surface area contributed by atoms with Gasteiger partial charge in [-0.2, -0.15) is 0 Å². The Kier molecular flexibility index (Phi) is 12.1. The van der Waals surface area contributed by atoms with Crippen LogP contribution in [0.2, 0.25) is 0 Å². The molecule has 1 heterocycles. The van der Waals surface area contributed by atoms with E-state index in [2.05, 4.69) is 17.1 Å². The number of hydrogen-bond donors (Lipinski definition) is 2. The molecule has 1 amide bonds. The lowest BCUT2D eigenvalue weighted by molar-refractivity contribution is -0.125. The summed E-state index contributed by atoms with van der Waals surface area (Å²) < 4.78 is 0. The first-order valence-corrected chi connectivity index (χ1v) is 8.88. The summed E-state index contributed by atoms with van der Waals surface area (Å²) in [5.41, 5.74) is 7.22. The number of nitrogens with one attached hydrogen (secondary N) is 1. The van der Waals surface area contributed by atoms with Crippen molar-refractivity contribution in [2.24, 2.45) is 17.6 Å². The molecular weight excluding hydrogens is 357 g/mol. The quantitative estimate of drug-likeness (QED) is 0.702. The average molecular weight is 390 g/mol. The average Bonchev–Trinajstić information content (AvgIpc) is 2.59. The Bertz CT molecular complexity index is 479. The molecule has 1 aromatic carbocycles. The van der Waals surface area contributed by atoms with Crippen molar-refractivity contribution in [3.8, 4) is 0 Å². The van der Waals surface area contributed by atoms with E-state index in [0.717, 1.165) is 31.0 Å². The van der Waals surface area contributed by atoms with E-state index in [-0.39, 0.29) is 42.7 Å². The van der Waals surface area contributed by atoms with Crippen LogP contribution in [-0.2, 0) is 4.79 Å². The van der Waals surface area contributed by atoms with Gasteiger partial charge in [0.05, 0.1) is 5.92 Å². The molecule has 2 unspecified atom stereocenters. The number of carbonyl (C=O) groups is 1. The number of piperidine rings is 1. The van der Waals surface area contributed by atoms with Gasteiger partial charge in [-0.25, -0.2) is 0 Å². The van der Waals surface area contributed by atoms with Crippen LogP contribution in [0.3, 0.4) is 0 Å². The molecule has 0 aliphatic carbocycles. The number of likely N-dealkylation sites (tertiary alicyclic amines) is 1. The maximum Gasteiger partial charge on any atom is 0.224 e. The van der Waals surface area contributed by atoms with Crippen LogP contribution in [0, 0.1) is 11.8 Å². The molecular formula is C19H33Cl2N3O. The summed E-state index contributed by atoms with van der Waals surface area (Å²) in [6, 6.07) is 9.58. The molecule has 2 rings (SSSR count). The molecule has 2 atom stereocenters. The minimum absolute atomic E-state index is 0. The predicted molar refractivity (Wildman–Crippen MR) is 109 cm³/mol. The van der Waals surface area contributed by atoms with E-state index in [1.165, 1.54) is 25.9 Å². The summed E-state index contributed by atoms with van der Waals surface area (Å²) in [6.07, 6.45) is 3.61. The van der Waals surface area contributed by atoms with E-state index < -0.39 is 0 Å². The summed E-state index contributed by atoms with van der Waals surface area (Å²) in [5.74, 6) is 0.702. The minimum Gasteiger partial charge on any atom is -0.356 e. The second kappa shape index (κ2) is 12.5. The highest BCUT2D eigenvalue weighted by Gasteiger charge is 2.21. The van der Waals surface area contributed by atoms with Crippen molar-refractivity contribution in [3.05, 3.63) is 35.9 Å². The third-order valence-corrected chi connectivity index (χ3v) is 4.96. The van der Waals surface area contributed by atoms with Crippen molar-refractivity contribution in [2.75, 3.05) is 26.2 Å². The number of nitrogens with two attached hydrogens (primary N) is 1. The van der Waals surface area contributed by atoms with Crippen LogP contribution in [0.15, 0.2) is 30.3 Å². The van der Waals surface area contributed by atoms with Gasteiger partial charge in [0, 0.05) is 12.6 Å². The molecule has 1 aromatic rings. The molecule has 1 aliphatic rings. The van der Waals surface area contributed by atoms with Gasteiger partial charge in [0.15, 0.2) is 0 Å². The smallest absolute Gasteiger partial charge is 0.224 e. The van der Waals surface area contributed by atoms with Gasteiger partial charge in [-0.1, -0.05) is 44.2 Å². The van der Waals surface area contributed by atoms with E-state index in [1.807, 2.05) is 37.3 Å². The van der Waals surface area contributed by atoms with Gasteiger partial charge in [-0.3, -0.25) is 4.79 Å². The molecule has 1 aliphatic heterocycles. The first kappa shape index (κ1) is 24.2. The molecule has 3 N–H and O–H groups in total. The maximum absolute atomic E-state index is 12.2. The second-order valence-electron chi connectivity index (χ2n) is 6.89. The number of benzene rings is 1. The largest absolute Gasteiger partial charge is 0.356 e. The van der Waals surface area contributed by atoms with Crippen LogP contribution in [-0.4, -0.2) is 37.0 Å². The molecule has 0 spiro atoms. The first-order chi connectivity index (χ1) is 11.1. The number of halogens is 2. The lowest BCUT2D eigenvalue weighted by Crippen LogP contribution is -2.38. The maximum atomic E-state index is 12.2. The summed E-state index contributed by atoms with van der Waals surface area (Å²) in [7, 11) is 0. The van der Waals surface area contributed by atoms with Crippen LogP contribution in [0.5, 0.6) is 0 Å². The van der Waals surface area contributed by atoms with Crippen LogP contribution in [0.1, 0.15) is 44.7 Å². The fourth-order valence-corrected chi connectivity index (χ4v) is 3.09. The van der Waals surface area contributed by atoms with Crippen molar-refractivity contribution >= 4 is 30.7 Å². The summed E-state index contributed by atoms with van der Waals surface area (Å²) in [5, 5.41) is 3.04. The normalized spacial score (nSPS) is 17.7. The van der Waals surface area contributed by atoms with Crippen LogP contribution in [0.4, 0.5) is 0 Å². The van der Waals surface area contributed by atoms with Gasteiger partial charge in [0.1, 0.15) is 0 Å². The molecule has 144 valence electrons. The molecule has 6 heteroatoms. The third kappa shape index (κ3) is 7.95. The summed E-state index contributed by atoms with van der Waals surface area (Å²) >= 11 is 0. The molecule has 0 aromatic heterocycles. The fourth-order valence-electron chi connectivity index (χ4n) is 3.09. The molecule has 0 saturated carbocycles. The Labute approximate surface area is 164 Å². The number of carbonyl (C=O) groups excluding carboxylic acids is 1. The zero-order valence-electron chi connectivity index (χ0n) is 15.3. The number of amides is 1. The Morgan fingerprint density at radius 1 is 1.24 bits per heavy atom. The van der Waals surface area contributed by atoms with Crippen LogP contribution in [0.25, 0.3) is 0 Å². The number of hydrogen-bond acceptors (Lipinski definition) is 3. The summed E-state index contributed by atoms with van der Waals surface area (Å²) in [6.45, 7) is 8.44.